The van der Waals surface area contributed by atoms with Gasteiger partial charge >= 0.3 is 0 Å². The zero-order chi connectivity index (χ0) is 15.8. The van der Waals surface area contributed by atoms with Gasteiger partial charge in [0.15, 0.2) is 11.5 Å². The van der Waals surface area contributed by atoms with Crippen molar-refractivity contribution in [3.05, 3.63) is 47.0 Å². The van der Waals surface area contributed by atoms with Gasteiger partial charge in [0.1, 0.15) is 11.3 Å². The number of imidazole rings is 1. The summed E-state index contributed by atoms with van der Waals surface area (Å²) in [4.78, 5) is 16.0. The monoisotopic (exact) mass is 309 g/mol. The van der Waals surface area contributed by atoms with E-state index < -0.39 is 0 Å². The largest absolute Gasteiger partial charge is 0.490 e. The van der Waals surface area contributed by atoms with Gasteiger partial charge in [-0.3, -0.25) is 4.40 Å². The molecule has 0 saturated carbocycles. The van der Waals surface area contributed by atoms with Crippen LogP contribution < -0.4 is 9.47 Å². The Kier molecular flexibility index (Phi) is 3.22. The molecule has 0 aliphatic carbocycles. The maximum absolute atomic E-state index is 11.4. The number of nitrogens with zero attached hydrogens (tertiary/aromatic N) is 3. The highest BCUT2D eigenvalue weighted by Gasteiger charge is 2.18. The number of rotatable bonds is 2. The summed E-state index contributed by atoms with van der Waals surface area (Å²) in [6.45, 7) is 3.17. The second-order valence-corrected chi connectivity index (χ2v) is 5.45. The first-order valence-electron chi connectivity index (χ1n) is 7.49. The number of ether oxygens (including phenoxy) is 2. The first-order valence-corrected chi connectivity index (χ1v) is 7.49. The number of pyridine rings is 1. The molecule has 0 atom stereocenters. The van der Waals surface area contributed by atoms with Crippen molar-refractivity contribution in [2.75, 3.05) is 13.2 Å². The number of hydrogen-bond donors (Lipinski definition) is 0. The molecule has 6 nitrogen and oxygen atoms in total. The second kappa shape index (κ2) is 5.39. The Morgan fingerprint density at radius 2 is 1.96 bits per heavy atom. The number of nitroso groups, excluding NO2 is 1. The van der Waals surface area contributed by atoms with Crippen molar-refractivity contribution in [2.24, 2.45) is 5.18 Å². The van der Waals surface area contributed by atoms with Gasteiger partial charge < -0.3 is 9.47 Å². The molecule has 116 valence electrons. The van der Waals surface area contributed by atoms with Gasteiger partial charge in [0.25, 0.3) is 0 Å². The van der Waals surface area contributed by atoms with Gasteiger partial charge in [-0.2, -0.15) is 0 Å². The lowest BCUT2D eigenvalue weighted by molar-refractivity contribution is 0.297. The highest BCUT2D eigenvalue weighted by atomic mass is 16.5. The third-order valence-electron chi connectivity index (χ3n) is 3.92. The van der Waals surface area contributed by atoms with Crippen LogP contribution in [-0.4, -0.2) is 22.6 Å². The normalized spacial score (nSPS) is 13.8. The van der Waals surface area contributed by atoms with Crippen LogP contribution in [0.3, 0.4) is 0 Å². The van der Waals surface area contributed by atoms with Gasteiger partial charge in [0.2, 0.25) is 5.82 Å². The van der Waals surface area contributed by atoms with Crippen molar-refractivity contribution >= 4 is 11.5 Å². The predicted octanol–water partition coefficient (Wildman–Crippen LogP) is 3.87. The number of aromatic nitrogens is 2. The maximum atomic E-state index is 11.4. The Bertz CT molecular complexity index is 901. The summed E-state index contributed by atoms with van der Waals surface area (Å²) in [5, 5.41) is 3.20. The molecule has 6 heteroatoms. The van der Waals surface area contributed by atoms with Gasteiger partial charge in [-0.1, -0.05) is 6.07 Å². The molecule has 23 heavy (non-hydrogen) atoms. The summed E-state index contributed by atoms with van der Waals surface area (Å²) in [5.74, 6) is 1.69. The number of hydrogen-bond acceptors (Lipinski definition) is 5. The molecule has 0 spiro atoms. The van der Waals surface area contributed by atoms with E-state index in [1.807, 2.05) is 43.3 Å². The number of aryl methyl sites for hydroxylation is 1. The molecule has 3 aromatic rings. The molecule has 3 heterocycles. The zero-order valence-electron chi connectivity index (χ0n) is 12.7. The van der Waals surface area contributed by atoms with Crippen LogP contribution in [0, 0.1) is 11.8 Å². The van der Waals surface area contributed by atoms with Crippen molar-refractivity contribution in [2.45, 2.75) is 13.3 Å². The molecule has 0 amide bonds. The zero-order valence-corrected chi connectivity index (χ0v) is 12.7. The lowest BCUT2D eigenvalue weighted by Gasteiger charge is -2.08. The van der Waals surface area contributed by atoms with Crippen LogP contribution in [0.1, 0.15) is 12.1 Å². The van der Waals surface area contributed by atoms with Crippen molar-refractivity contribution in [3.63, 3.8) is 0 Å². The molecule has 0 saturated heterocycles. The molecule has 1 aliphatic heterocycles. The van der Waals surface area contributed by atoms with Crippen LogP contribution in [0.5, 0.6) is 11.5 Å². The van der Waals surface area contributed by atoms with Crippen LogP contribution in [0.15, 0.2) is 41.6 Å². The minimum atomic E-state index is 0.299. The molecular formula is C17H15N3O3. The summed E-state index contributed by atoms with van der Waals surface area (Å²) in [6, 6.07) is 11.3. The van der Waals surface area contributed by atoms with Crippen LogP contribution >= 0.6 is 0 Å². The van der Waals surface area contributed by atoms with Crippen molar-refractivity contribution in [1.82, 2.24) is 9.38 Å². The Morgan fingerprint density at radius 3 is 2.78 bits per heavy atom. The summed E-state index contributed by atoms with van der Waals surface area (Å²) in [7, 11) is 0. The van der Waals surface area contributed by atoms with E-state index in [9.17, 15) is 4.91 Å². The van der Waals surface area contributed by atoms with Crippen molar-refractivity contribution < 1.29 is 9.47 Å². The van der Waals surface area contributed by atoms with E-state index in [1.165, 1.54) is 0 Å². The molecule has 0 fully saturated rings. The molecule has 2 aromatic heterocycles. The van der Waals surface area contributed by atoms with E-state index in [0.717, 1.165) is 17.7 Å². The smallest absolute Gasteiger partial charge is 0.209 e. The van der Waals surface area contributed by atoms with Crippen LogP contribution in [-0.2, 0) is 0 Å². The van der Waals surface area contributed by atoms with Gasteiger partial charge in [-0.25, -0.2) is 4.98 Å². The molecule has 1 aromatic carbocycles. The van der Waals surface area contributed by atoms with Crippen molar-refractivity contribution in [3.8, 4) is 22.8 Å². The van der Waals surface area contributed by atoms with E-state index in [0.29, 0.717) is 41.9 Å². The number of benzene rings is 1. The van der Waals surface area contributed by atoms with Gasteiger partial charge in [-0.15, -0.1) is 4.91 Å². The van der Waals surface area contributed by atoms with E-state index in [4.69, 9.17) is 9.47 Å². The SMILES string of the molecule is Cc1cccc2nc(-c3ccc4c(c3)OCCCO4)c(N=O)n12. The summed E-state index contributed by atoms with van der Waals surface area (Å²) in [5.41, 5.74) is 2.93. The fourth-order valence-corrected chi connectivity index (χ4v) is 2.82. The highest BCUT2D eigenvalue weighted by Crippen LogP contribution is 2.37. The van der Waals surface area contributed by atoms with Gasteiger partial charge in [0, 0.05) is 17.7 Å². The van der Waals surface area contributed by atoms with Gasteiger partial charge in [0.05, 0.1) is 13.2 Å². The van der Waals surface area contributed by atoms with Crippen LogP contribution in [0.2, 0.25) is 0 Å². The van der Waals surface area contributed by atoms with Gasteiger partial charge in [-0.05, 0) is 42.4 Å². The Balaban J connectivity index is 1.91. The molecular weight excluding hydrogens is 294 g/mol. The first-order chi connectivity index (χ1) is 11.3. The minimum absolute atomic E-state index is 0.299. The summed E-state index contributed by atoms with van der Waals surface area (Å²) >= 11 is 0. The van der Waals surface area contributed by atoms with E-state index in [-0.39, 0.29) is 0 Å². The fourth-order valence-electron chi connectivity index (χ4n) is 2.82. The quantitative estimate of drug-likeness (QED) is 0.674. The standard InChI is InChI=1S/C17H15N3O3/c1-11-4-2-5-15-18-16(17(19-21)20(11)15)12-6-7-13-14(10-12)23-9-3-8-22-13/h2,4-7,10H,3,8-9H2,1H3. The Hall–Kier alpha value is -2.89. The molecule has 4 rings (SSSR count). The Labute approximate surface area is 132 Å². The lowest BCUT2D eigenvalue weighted by Crippen LogP contribution is -1.97. The predicted molar refractivity (Wildman–Crippen MR) is 86.4 cm³/mol. The number of fused-ring (bicyclic) bond motifs is 2. The van der Waals surface area contributed by atoms with Crippen LogP contribution in [0.4, 0.5) is 5.82 Å². The summed E-state index contributed by atoms with van der Waals surface area (Å²) < 4.78 is 13.1. The Morgan fingerprint density at radius 1 is 1.13 bits per heavy atom. The molecule has 0 unspecified atom stereocenters. The van der Waals surface area contributed by atoms with Crippen LogP contribution in [0.25, 0.3) is 16.9 Å². The second-order valence-electron chi connectivity index (χ2n) is 5.45. The lowest BCUT2D eigenvalue weighted by atomic mass is 10.1. The molecule has 1 aliphatic rings. The van der Waals surface area contributed by atoms with Crippen molar-refractivity contribution in [1.29, 1.82) is 0 Å². The highest BCUT2D eigenvalue weighted by molar-refractivity contribution is 5.76. The average molecular weight is 309 g/mol. The van der Waals surface area contributed by atoms with E-state index in [1.54, 1.807) is 4.40 Å². The third kappa shape index (κ3) is 2.23. The fraction of sp³-hybridized carbons (Fsp3) is 0.235. The topological polar surface area (TPSA) is 65.2 Å². The summed E-state index contributed by atoms with van der Waals surface area (Å²) in [6.07, 6.45) is 0.846. The molecule has 0 radical (unpaired) electrons. The molecule has 0 N–H and O–H groups in total. The first kappa shape index (κ1) is 13.8. The minimum Gasteiger partial charge on any atom is -0.490 e. The van der Waals surface area contributed by atoms with E-state index >= 15 is 0 Å². The maximum Gasteiger partial charge on any atom is 0.209 e. The average Bonchev–Trinajstić information content (AvgIpc) is 2.79. The molecule has 0 bridgehead atoms. The van der Waals surface area contributed by atoms with E-state index in [2.05, 4.69) is 10.2 Å². The third-order valence-corrected chi connectivity index (χ3v) is 3.92.